The first-order chi connectivity index (χ1) is 8.88. The van der Waals surface area contributed by atoms with Crippen molar-refractivity contribution in [3.63, 3.8) is 0 Å². The Kier molecular flexibility index (Phi) is 3.74. The van der Waals surface area contributed by atoms with E-state index in [1.54, 1.807) is 11.6 Å². The summed E-state index contributed by atoms with van der Waals surface area (Å²) in [6.45, 7) is 0.0701. The fourth-order valence-corrected chi connectivity index (χ4v) is 2.34. The van der Waals surface area contributed by atoms with E-state index in [0.717, 1.165) is 0 Å². The monoisotopic (exact) mass is 302 g/mol. The minimum absolute atomic E-state index is 0.0701. The lowest BCUT2D eigenvalue weighted by Gasteiger charge is -2.10. The van der Waals surface area contributed by atoms with Crippen molar-refractivity contribution in [2.75, 3.05) is 0 Å². The molecule has 0 saturated carbocycles. The first-order valence-corrected chi connectivity index (χ1v) is 7.08. The summed E-state index contributed by atoms with van der Waals surface area (Å²) in [5.74, 6) is 0.671. The molecule has 0 atom stereocenters. The van der Waals surface area contributed by atoms with Crippen LogP contribution in [0, 0.1) is 0 Å². The van der Waals surface area contributed by atoms with Gasteiger partial charge in [0.05, 0.1) is 0 Å². The molecule has 1 heterocycles. The topological polar surface area (TPSA) is 100 Å². The third kappa shape index (κ3) is 3.22. The highest BCUT2D eigenvalue weighted by molar-refractivity contribution is 7.89. The summed E-state index contributed by atoms with van der Waals surface area (Å²) in [5, 5.41) is 12.9. The minimum Gasteiger partial charge on any atom is -0.484 e. The van der Waals surface area contributed by atoms with Crippen LogP contribution in [0.4, 0.5) is 0 Å². The molecule has 0 aliphatic rings. The third-order valence-corrected chi connectivity index (χ3v) is 3.54. The van der Waals surface area contributed by atoms with Crippen LogP contribution < -0.4 is 9.88 Å². The summed E-state index contributed by atoms with van der Waals surface area (Å²) in [5.41, 5.74) is 0. The van der Waals surface area contributed by atoms with E-state index in [2.05, 4.69) is 10.2 Å². The van der Waals surface area contributed by atoms with E-state index < -0.39 is 10.0 Å². The van der Waals surface area contributed by atoms with Gasteiger partial charge >= 0.3 is 0 Å². The van der Waals surface area contributed by atoms with Crippen molar-refractivity contribution < 1.29 is 13.2 Å². The van der Waals surface area contributed by atoms with E-state index in [1.807, 2.05) is 0 Å². The number of ether oxygens (including phenoxy) is 1. The maximum absolute atomic E-state index is 11.4. The molecule has 0 saturated heterocycles. The molecule has 7 nitrogen and oxygen atoms in total. The Morgan fingerprint density at radius 2 is 2.21 bits per heavy atom. The molecule has 0 aliphatic carbocycles. The maximum atomic E-state index is 11.4. The number of benzene rings is 1. The van der Waals surface area contributed by atoms with E-state index >= 15 is 0 Å². The van der Waals surface area contributed by atoms with E-state index in [9.17, 15) is 8.42 Å². The summed E-state index contributed by atoms with van der Waals surface area (Å²) in [6.07, 6.45) is 1.52. The van der Waals surface area contributed by atoms with Crippen molar-refractivity contribution in [2.24, 2.45) is 12.2 Å². The molecule has 0 amide bonds. The number of nitrogens with zero attached hydrogens (tertiary/aromatic N) is 3. The number of primary sulfonamides is 1. The number of aryl methyl sites for hydroxylation is 1. The van der Waals surface area contributed by atoms with E-state index in [-0.39, 0.29) is 22.3 Å². The second-order valence-electron chi connectivity index (χ2n) is 3.78. The second kappa shape index (κ2) is 5.16. The summed E-state index contributed by atoms with van der Waals surface area (Å²) in [7, 11) is -2.16. The van der Waals surface area contributed by atoms with Gasteiger partial charge in [-0.1, -0.05) is 11.6 Å². The quantitative estimate of drug-likeness (QED) is 0.896. The van der Waals surface area contributed by atoms with Crippen molar-refractivity contribution in [1.29, 1.82) is 0 Å². The normalized spacial score (nSPS) is 11.5. The Bertz CT molecular complexity index is 699. The van der Waals surface area contributed by atoms with E-state index in [0.29, 0.717) is 5.82 Å². The summed E-state index contributed by atoms with van der Waals surface area (Å²) in [4.78, 5) is -0.165. The van der Waals surface area contributed by atoms with Crippen LogP contribution in [0.3, 0.4) is 0 Å². The lowest BCUT2D eigenvalue weighted by atomic mass is 10.3. The molecule has 1 aromatic heterocycles. The van der Waals surface area contributed by atoms with Gasteiger partial charge in [0.15, 0.2) is 5.82 Å². The molecule has 0 radical (unpaired) electrons. The van der Waals surface area contributed by atoms with E-state index in [4.69, 9.17) is 21.5 Å². The largest absolute Gasteiger partial charge is 0.484 e. The fraction of sp³-hybridized carbons (Fsp3) is 0.200. The van der Waals surface area contributed by atoms with Crippen molar-refractivity contribution in [1.82, 2.24) is 14.8 Å². The predicted molar refractivity (Wildman–Crippen MR) is 68.2 cm³/mol. The molecule has 102 valence electrons. The van der Waals surface area contributed by atoms with Gasteiger partial charge in [-0.25, -0.2) is 13.6 Å². The van der Waals surface area contributed by atoms with Crippen LogP contribution in [0.1, 0.15) is 5.82 Å². The van der Waals surface area contributed by atoms with Crippen molar-refractivity contribution in [2.45, 2.75) is 11.5 Å². The number of aromatic nitrogens is 3. The number of hydrogen-bond donors (Lipinski definition) is 1. The maximum Gasteiger partial charge on any atom is 0.241 e. The highest BCUT2D eigenvalue weighted by Gasteiger charge is 2.16. The van der Waals surface area contributed by atoms with Gasteiger partial charge in [0.2, 0.25) is 10.0 Å². The summed E-state index contributed by atoms with van der Waals surface area (Å²) in [6, 6.07) is 4.20. The van der Waals surface area contributed by atoms with Crippen LogP contribution in [-0.4, -0.2) is 23.2 Å². The molecule has 19 heavy (non-hydrogen) atoms. The molecule has 0 unspecified atom stereocenters. The van der Waals surface area contributed by atoms with Crippen LogP contribution in [0.25, 0.3) is 0 Å². The van der Waals surface area contributed by atoms with Crippen LogP contribution in [0.15, 0.2) is 29.4 Å². The number of sulfonamides is 1. The molecule has 2 aromatic rings. The van der Waals surface area contributed by atoms with Gasteiger partial charge < -0.3 is 9.30 Å². The number of rotatable bonds is 4. The Morgan fingerprint density at radius 3 is 2.79 bits per heavy atom. The molecular weight excluding hydrogens is 292 g/mol. The SMILES string of the molecule is Cn1cnnc1COc1ccc(Cl)cc1S(N)(=O)=O. The van der Waals surface area contributed by atoms with Gasteiger partial charge in [0.25, 0.3) is 0 Å². The van der Waals surface area contributed by atoms with Crippen LogP contribution in [0.2, 0.25) is 5.02 Å². The Hall–Kier alpha value is -1.64. The first kappa shape index (κ1) is 13.8. The van der Waals surface area contributed by atoms with E-state index in [1.165, 1.54) is 24.5 Å². The summed E-state index contributed by atoms with van der Waals surface area (Å²) >= 11 is 5.75. The fourth-order valence-electron chi connectivity index (χ4n) is 1.40. The molecule has 0 bridgehead atoms. The smallest absolute Gasteiger partial charge is 0.241 e. The standard InChI is InChI=1S/C10H11ClN4O3S/c1-15-6-13-14-10(15)5-18-8-3-2-7(11)4-9(8)19(12,16)17/h2-4,6H,5H2,1H3,(H2,12,16,17). The van der Waals surface area contributed by atoms with Gasteiger partial charge in [0.1, 0.15) is 23.6 Å². The molecule has 0 fully saturated rings. The van der Waals surface area contributed by atoms with Gasteiger partial charge in [-0.3, -0.25) is 0 Å². The average molecular weight is 303 g/mol. The predicted octanol–water partition coefficient (Wildman–Crippen LogP) is 0.695. The summed E-state index contributed by atoms with van der Waals surface area (Å²) < 4.78 is 29.9. The third-order valence-electron chi connectivity index (χ3n) is 2.37. The lowest BCUT2D eigenvalue weighted by molar-refractivity contribution is 0.283. The lowest BCUT2D eigenvalue weighted by Crippen LogP contribution is -2.14. The number of hydrogen-bond acceptors (Lipinski definition) is 5. The Morgan fingerprint density at radius 1 is 1.47 bits per heavy atom. The van der Waals surface area contributed by atoms with Crippen LogP contribution >= 0.6 is 11.6 Å². The molecule has 2 rings (SSSR count). The first-order valence-electron chi connectivity index (χ1n) is 5.16. The zero-order chi connectivity index (χ0) is 14.0. The van der Waals surface area contributed by atoms with Gasteiger partial charge in [-0.2, -0.15) is 0 Å². The molecular formula is C10H11ClN4O3S. The Balaban J connectivity index is 2.28. The zero-order valence-electron chi connectivity index (χ0n) is 9.95. The minimum atomic E-state index is -3.91. The van der Waals surface area contributed by atoms with Crippen molar-refractivity contribution >= 4 is 21.6 Å². The van der Waals surface area contributed by atoms with Crippen molar-refractivity contribution in [3.05, 3.63) is 35.4 Å². The molecule has 9 heteroatoms. The van der Waals surface area contributed by atoms with Gasteiger partial charge in [-0.05, 0) is 18.2 Å². The molecule has 0 spiro atoms. The number of halogens is 1. The van der Waals surface area contributed by atoms with Crippen LogP contribution in [-0.2, 0) is 23.7 Å². The van der Waals surface area contributed by atoms with Crippen LogP contribution in [0.5, 0.6) is 5.75 Å². The van der Waals surface area contributed by atoms with Gasteiger partial charge in [-0.15, -0.1) is 10.2 Å². The average Bonchev–Trinajstić information content (AvgIpc) is 2.72. The Labute approximate surface area is 115 Å². The highest BCUT2D eigenvalue weighted by Crippen LogP contribution is 2.26. The molecule has 0 aliphatic heterocycles. The zero-order valence-corrected chi connectivity index (χ0v) is 11.5. The van der Waals surface area contributed by atoms with Crippen molar-refractivity contribution in [3.8, 4) is 5.75 Å². The number of nitrogens with two attached hydrogens (primary N) is 1. The molecule has 1 aromatic carbocycles. The second-order valence-corrected chi connectivity index (χ2v) is 5.75. The molecule has 2 N–H and O–H groups in total. The highest BCUT2D eigenvalue weighted by atomic mass is 35.5. The van der Waals surface area contributed by atoms with Gasteiger partial charge in [0, 0.05) is 12.1 Å².